The van der Waals surface area contributed by atoms with Crippen molar-refractivity contribution in [1.29, 1.82) is 0 Å². The summed E-state index contributed by atoms with van der Waals surface area (Å²) in [6.07, 6.45) is 0.726. The normalized spacial score (nSPS) is 13.7. The molecule has 0 aromatic heterocycles. The number of aryl methyl sites for hydroxylation is 1. The van der Waals surface area contributed by atoms with Gasteiger partial charge in [-0.3, -0.25) is 14.9 Å². The molecule has 1 N–H and O–H groups in total. The van der Waals surface area contributed by atoms with Gasteiger partial charge in [0.1, 0.15) is 5.56 Å². The molecule has 19 heavy (non-hydrogen) atoms. The van der Waals surface area contributed by atoms with Crippen molar-refractivity contribution < 1.29 is 9.72 Å². The Kier molecular flexibility index (Phi) is 5.05. The number of carbonyl (C=O) groups is 1. The molecular formula is C13H17BrN2O3. The number of nitrogens with one attached hydrogen (secondary N) is 1. The van der Waals surface area contributed by atoms with Crippen molar-refractivity contribution in [3.05, 3.63) is 39.4 Å². The molecule has 0 fully saturated rings. The zero-order valence-corrected chi connectivity index (χ0v) is 12.8. The van der Waals surface area contributed by atoms with Gasteiger partial charge in [-0.15, -0.1) is 0 Å². The van der Waals surface area contributed by atoms with Gasteiger partial charge in [-0.2, -0.15) is 0 Å². The average molecular weight is 329 g/mol. The number of hydrogen-bond acceptors (Lipinski definition) is 3. The number of benzene rings is 1. The van der Waals surface area contributed by atoms with Gasteiger partial charge in [0.05, 0.1) is 4.92 Å². The number of alkyl halides is 1. The van der Waals surface area contributed by atoms with Crippen molar-refractivity contribution in [3.8, 4) is 0 Å². The lowest BCUT2D eigenvalue weighted by Gasteiger charge is -2.27. The molecule has 0 saturated heterocycles. The Morgan fingerprint density at radius 2 is 2.16 bits per heavy atom. The van der Waals surface area contributed by atoms with Crippen LogP contribution < -0.4 is 5.32 Å². The number of para-hydroxylation sites is 1. The van der Waals surface area contributed by atoms with Crippen molar-refractivity contribution in [2.24, 2.45) is 0 Å². The van der Waals surface area contributed by atoms with Crippen LogP contribution in [-0.4, -0.2) is 21.7 Å². The van der Waals surface area contributed by atoms with E-state index in [9.17, 15) is 14.9 Å². The number of nitro groups is 1. The monoisotopic (exact) mass is 328 g/mol. The van der Waals surface area contributed by atoms with E-state index in [0.717, 1.165) is 6.42 Å². The van der Waals surface area contributed by atoms with E-state index >= 15 is 0 Å². The summed E-state index contributed by atoms with van der Waals surface area (Å²) >= 11 is 3.35. The van der Waals surface area contributed by atoms with Crippen LogP contribution in [0.5, 0.6) is 0 Å². The zero-order valence-electron chi connectivity index (χ0n) is 11.2. The summed E-state index contributed by atoms with van der Waals surface area (Å²) in [6.45, 7) is 5.46. The number of amides is 1. The molecule has 5 nitrogen and oxygen atoms in total. The average Bonchev–Trinajstić information content (AvgIpc) is 2.37. The molecule has 0 aliphatic rings. The van der Waals surface area contributed by atoms with E-state index in [2.05, 4.69) is 21.2 Å². The third kappa shape index (κ3) is 3.53. The molecule has 1 unspecified atom stereocenters. The van der Waals surface area contributed by atoms with Crippen LogP contribution in [0, 0.1) is 17.0 Å². The van der Waals surface area contributed by atoms with E-state index in [1.807, 2.05) is 13.8 Å². The summed E-state index contributed by atoms with van der Waals surface area (Å²) in [6, 6.07) is 4.75. The van der Waals surface area contributed by atoms with Crippen LogP contribution >= 0.6 is 15.9 Å². The molecule has 1 atom stereocenters. The predicted octanol–water partition coefficient (Wildman–Crippen LogP) is 3.20. The first kappa shape index (κ1) is 15.6. The van der Waals surface area contributed by atoms with Gasteiger partial charge in [-0.1, -0.05) is 35.0 Å². The van der Waals surface area contributed by atoms with Crippen LogP contribution in [0.1, 0.15) is 36.2 Å². The molecule has 1 amide bonds. The number of halogens is 1. The van der Waals surface area contributed by atoms with E-state index in [1.54, 1.807) is 19.1 Å². The van der Waals surface area contributed by atoms with E-state index in [0.29, 0.717) is 10.9 Å². The molecule has 1 aromatic carbocycles. The van der Waals surface area contributed by atoms with E-state index in [1.165, 1.54) is 6.07 Å². The topological polar surface area (TPSA) is 72.2 Å². The molecule has 0 heterocycles. The molecule has 0 bridgehead atoms. The summed E-state index contributed by atoms with van der Waals surface area (Å²) in [4.78, 5) is 22.8. The largest absolute Gasteiger partial charge is 0.346 e. The molecule has 1 rings (SSSR count). The van der Waals surface area contributed by atoms with Crippen molar-refractivity contribution in [1.82, 2.24) is 5.32 Å². The third-order valence-corrected chi connectivity index (χ3v) is 4.39. The molecule has 1 aromatic rings. The first-order chi connectivity index (χ1) is 8.84. The lowest BCUT2D eigenvalue weighted by molar-refractivity contribution is -0.385. The van der Waals surface area contributed by atoms with Gasteiger partial charge in [0.2, 0.25) is 0 Å². The van der Waals surface area contributed by atoms with Gasteiger partial charge in [-0.05, 0) is 26.3 Å². The lowest BCUT2D eigenvalue weighted by Crippen LogP contribution is -2.47. The predicted molar refractivity (Wildman–Crippen MR) is 77.8 cm³/mol. The Labute approximate surface area is 120 Å². The van der Waals surface area contributed by atoms with Gasteiger partial charge < -0.3 is 5.32 Å². The highest BCUT2D eigenvalue weighted by Gasteiger charge is 2.28. The summed E-state index contributed by atoms with van der Waals surface area (Å²) in [5, 5.41) is 14.5. The van der Waals surface area contributed by atoms with E-state index in [-0.39, 0.29) is 11.3 Å². The van der Waals surface area contributed by atoms with Gasteiger partial charge in [-0.25, -0.2) is 0 Å². The minimum absolute atomic E-state index is 0.102. The second kappa shape index (κ2) is 6.14. The van der Waals surface area contributed by atoms with Crippen LogP contribution in [0.15, 0.2) is 18.2 Å². The molecule has 6 heteroatoms. The van der Waals surface area contributed by atoms with Crippen molar-refractivity contribution in [3.63, 3.8) is 0 Å². The van der Waals surface area contributed by atoms with Gasteiger partial charge in [0.25, 0.3) is 11.6 Å². The zero-order chi connectivity index (χ0) is 14.6. The fourth-order valence-corrected chi connectivity index (χ4v) is 2.18. The summed E-state index contributed by atoms with van der Waals surface area (Å²) in [5.41, 5.74) is 0.0302. The van der Waals surface area contributed by atoms with Crippen molar-refractivity contribution in [2.75, 3.05) is 5.33 Å². The molecule has 0 spiro atoms. The Morgan fingerprint density at radius 1 is 1.53 bits per heavy atom. The highest BCUT2D eigenvalue weighted by Crippen LogP contribution is 2.24. The first-order valence-corrected chi connectivity index (χ1v) is 7.09. The van der Waals surface area contributed by atoms with Crippen LogP contribution in [0.4, 0.5) is 5.69 Å². The maximum Gasteiger partial charge on any atom is 0.285 e. The van der Waals surface area contributed by atoms with E-state index < -0.39 is 16.4 Å². The summed E-state index contributed by atoms with van der Waals surface area (Å²) in [7, 11) is 0. The molecule has 104 valence electrons. The molecule has 0 aliphatic heterocycles. The smallest absolute Gasteiger partial charge is 0.285 e. The fourth-order valence-electron chi connectivity index (χ4n) is 1.64. The minimum Gasteiger partial charge on any atom is -0.346 e. The first-order valence-electron chi connectivity index (χ1n) is 5.97. The molecule has 0 saturated carbocycles. The Balaban J connectivity index is 3.14. The van der Waals surface area contributed by atoms with Crippen LogP contribution in [-0.2, 0) is 0 Å². The van der Waals surface area contributed by atoms with Crippen LogP contribution in [0.25, 0.3) is 0 Å². The highest BCUT2D eigenvalue weighted by atomic mass is 79.9. The number of hydrogen-bond donors (Lipinski definition) is 1. The quantitative estimate of drug-likeness (QED) is 0.512. The Bertz CT molecular complexity index is 499. The standard InChI is InChI=1S/C13H17BrN2O3/c1-4-13(3,8-14)15-12(17)10-7-5-6-9(2)11(10)16(18)19/h5-7H,4,8H2,1-3H3,(H,15,17). The van der Waals surface area contributed by atoms with E-state index in [4.69, 9.17) is 0 Å². The number of nitro benzene ring substituents is 1. The van der Waals surface area contributed by atoms with Gasteiger partial charge in [0.15, 0.2) is 0 Å². The minimum atomic E-state index is -0.512. The Morgan fingerprint density at radius 3 is 2.63 bits per heavy atom. The number of carbonyl (C=O) groups excluding carboxylic acids is 1. The third-order valence-electron chi connectivity index (χ3n) is 3.16. The van der Waals surface area contributed by atoms with Crippen molar-refractivity contribution in [2.45, 2.75) is 32.7 Å². The van der Waals surface area contributed by atoms with Crippen LogP contribution in [0.3, 0.4) is 0 Å². The second-order valence-electron chi connectivity index (χ2n) is 4.73. The molecule has 0 aliphatic carbocycles. The molecular weight excluding hydrogens is 312 g/mol. The summed E-state index contributed by atoms with van der Waals surface area (Å²) in [5.74, 6) is -0.417. The SMILES string of the molecule is CCC(C)(CBr)NC(=O)c1cccc(C)c1[N+](=O)[O-]. The van der Waals surface area contributed by atoms with Gasteiger partial charge >= 0.3 is 0 Å². The Hall–Kier alpha value is -1.43. The molecule has 0 radical (unpaired) electrons. The maximum absolute atomic E-state index is 12.2. The van der Waals surface area contributed by atoms with Crippen molar-refractivity contribution >= 4 is 27.5 Å². The van der Waals surface area contributed by atoms with Gasteiger partial charge in [0, 0.05) is 16.4 Å². The fraction of sp³-hybridized carbons (Fsp3) is 0.462. The number of rotatable bonds is 5. The second-order valence-corrected chi connectivity index (χ2v) is 5.29. The maximum atomic E-state index is 12.2. The van der Waals surface area contributed by atoms with Crippen LogP contribution in [0.2, 0.25) is 0 Å². The number of nitrogens with zero attached hydrogens (tertiary/aromatic N) is 1. The lowest BCUT2D eigenvalue weighted by atomic mass is 10.0. The summed E-state index contributed by atoms with van der Waals surface area (Å²) < 4.78 is 0. The highest BCUT2D eigenvalue weighted by molar-refractivity contribution is 9.09.